The van der Waals surface area contributed by atoms with Crippen molar-refractivity contribution >= 4 is 17.3 Å². The van der Waals surface area contributed by atoms with E-state index in [1.54, 1.807) is 0 Å². The minimum atomic E-state index is -1.52. The van der Waals surface area contributed by atoms with Crippen LogP contribution >= 0.6 is 0 Å². The standard InChI is InChI=1S/C14H9F4NO2/c1-6-2-3-8(15)13(11(6)18)19-12-9(16)4-7(14(20)21)5-10(12)17/h2-5,19H,1H3,(H,20,21). The molecule has 2 aromatic rings. The van der Waals surface area contributed by atoms with Crippen molar-refractivity contribution in [2.24, 2.45) is 0 Å². The quantitative estimate of drug-likeness (QED) is 0.842. The van der Waals surface area contributed by atoms with Gasteiger partial charge in [-0.15, -0.1) is 0 Å². The van der Waals surface area contributed by atoms with Crippen molar-refractivity contribution < 1.29 is 27.5 Å². The number of halogens is 4. The minimum Gasteiger partial charge on any atom is -0.478 e. The summed E-state index contributed by atoms with van der Waals surface area (Å²) in [5.41, 5.74) is -2.07. The fourth-order valence-corrected chi connectivity index (χ4v) is 1.71. The van der Waals surface area contributed by atoms with Crippen LogP contribution in [-0.4, -0.2) is 11.1 Å². The lowest BCUT2D eigenvalue weighted by atomic mass is 10.1. The van der Waals surface area contributed by atoms with Crippen molar-refractivity contribution in [2.75, 3.05) is 5.32 Å². The molecular formula is C14H9F4NO2. The molecule has 2 rings (SSSR count). The second-order valence-electron chi connectivity index (χ2n) is 4.30. The Balaban J connectivity index is 2.51. The molecule has 0 aliphatic carbocycles. The molecule has 0 saturated carbocycles. The number of hydrogen-bond donors (Lipinski definition) is 2. The first-order chi connectivity index (χ1) is 9.81. The van der Waals surface area contributed by atoms with Crippen molar-refractivity contribution in [3.63, 3.8) is 0 Å². The Kier molecular flexibility index (Phi) is 3.84. The van der Waals surface area contributed by atoms with E-state index in [1.807, 2.05) is 5.32 Å². The van der Waals surface area contributed by atoms with Gasteiger partial charge in [-0.1, -0.05) is 6.07 Å². The van der Waals surface area contributed by atoms with Gasteiger partial charge >= 0.3 is 5.97 Å². The molecule has 0 aliphatic rings. The fourth-order valence-electron chi connectivity index (χ4n) is 1.71. The Hall–Kier alpha value is -2.57. The number of rotatable bonds is 3. The smallest absolute Gasteiger partial charge is 0.335 e. The molecule has 0 heterocycles. The molecule has 0 aliphatic heterocycles. The highest BCUT2D eigenvalue weighted by Crippen LogP contribution is 2.29. The maximum Gasteiger partial charge on any atom is 0.335 e. The maximum atomic E-state index is 13.8. The Bertz CT molecular complexity index is 708. The third kappa shape index (κ3) is 2.81. The van der Waals surface area contributed by atoms with Crippen LogP contribution in [0, 0.1) is 30.2 Å². The molecule has 2 aromatic carbocycles. The van der Waals surface area contributed by atoms with Crippen LogP contribution in [0.4, 0.5) is 28.9 Å². The number of nitrogens with one attached hydrogen (secondary N) is 1. The van der Waals surface area contributed by atoms with E-state index in [4.69, 9.17) is 5.11 Å². The predicted molar refractivity (Wildman–Crippen MR) is 67.7 cm³/mol. The molecule has 0 aromatic heterocycles. The Labute approximate surface area is 116 Å². The highest BCUT2D eigenvalue weighted by molar-refractivity contribution is 5.88. The number of benzene rings is 2. The van der Waals surface area contributed by atoms with Gasteiger partial charge in [0.1, 0.15) is 17.2 Å². The fraction of sp³-hybridized carbons (Fsp3) is 0.0714. The molecule has 2 N–H and O–H groups in total. The highest BCUT2D eigenvalue weighted by atomic mass is 19.1. The van der Waals surface area contributed by atoms with Crippen LogP contribution in [-0.2, 0) is 0 Å². The number of hydrogen-bond acceptors (Lipinski definition) is 2. The summed E-state index contributed by atoms with van der Waals surface area (Å²) in [4.78, 5) is 10.7. The molecular weight excluding hydrogens is 290 g/mol. The van der Waals surface area contributed by atoms with Gasteiger partial charge in [-0.3, -0.25) is 0 Å². The number of anilines is 2. The summed E-state index contributed by atoms with van der Waals surface area (Å²) in [6.45, 7) is 1.36. The lowest BCUT2D eigenvalue weighted by Crippen LogP contribution is -2.06. The first-order valence-electron chi connectivity index (χ1n) is 5.75. The van der Waals surface area contributed by atoms with Crippen molar-refractivity contribution in [1.29, 1.82) is 0 Å². The van der Waals surface area contributed by atoms with Crippen molar-refractivity contribution in [2.45, 2.75) is 6.92 Å². The van der Waals surface area contributed by atoms with Crippen molar-refractivity contribution in [1.82, 2.24) is 0 Å². The van der Waals surface area contributed by atoms with Gasteiger partial charge in [0, 0.05) is 0 Å². The van der Waals surface area contributed by atoms with Crippen LogP contribution in [0.25, 0.3) is 0 Å². The molecule has 3 nitrogen and oxygen atoms in total. The normalized spacial score (nSPS) is 10.5. The molecule has 0 unspecified atom stereocenters. The van der Waals surface area contributed by atoms with Gasteiger partial charge in [0.05, 0.1) is 5.56 Å². The topological polar surface area (TPSA) is 49.3 Å². The first-order valence-corrected chi connectivity index (χ1v) is 5.75. The zero-order valence-corrected chi connectivity index (χ0v) is 10.7. The summed E-state index contributed by atoms with van der Waals surface area (Å²) in [7, 11) is 0. The highest BCUT2D eigenvalue weighted by Gasteiger charge is 2.18. The molecule has 7 heteroatoms. The average molecular weight is 299 g/mol. The summed E-state index contributed by atoms with van der Waals surface area (Å²) in [5, 5.41) is 10.7. The zero-order valence-electron chi connectivity index (χ0n) is 10.7. The Morgan fingerprint density at radius 1 is 1.00 bits per heavy atom. The Morgan fingerprint density at radius 2 is 1.57 bits per heavy atom. The van der Waals surface area contributed by atoms with Crippen LogP contribution < -0.4 is 5.32 Å². The number of carboxylic acids is 1. The predicted octanol–water partition coefficient (Wildman–Crippen LogP) is 3.99. The lowest BCUT2D eigenvalue weighted by molar-refractivity contribution is 0.0696. The monoisotopic (exact) mass is 299 g/mol. The molecule has 110 valence electrons. The van der Waals surface area contributed by atoms with E-state index in [2.05, 4.69) is 0 Å². The van der Waals surface area contributed by atoms with Gasteiger partial charge in [0.15, 0.2) is 17.5 Å². The first kappa shape index (κ1) is 14.8. The third-order valence-corrected chi connectivity index (χ3v) is 2.82. The second kappa shape index (κ2) is 5.43. The van der Waals surface area contributed by atoms with Crippen LogP contribution in [0.1, 0.15) is 15.9 Å². The van der Waals surface area contributed by atoms with E-state index in [9.17, 15) is 22.4 Å². The van der Waals surface area contributed by atoms with Gasteiger partial charge < -0.3 is 10.4 Å². The van der Waals surface area contributed by atoms with Gasteiger partial charge in [-0.2, -0.15) is 0 Å². The van der Waals surface area contributed by atoms with Crippen LogP contribution in [0.2, 0.25) is 0 Å². The summed E-state index contributed by atoms with van der Waals surface area (Å²) in [5.74, 6) is -6.08. The van der Waals surface area contributed by atoms with E-state index in [0.717, 1.165) is 6.07 Å². The molecule has 0 spiro atoms. The third-order valence-electron chi connectivity index (χ3n) is 2.82. The van der Waals surface area contributed by atoms with Crippen LogP contribution in [0.3, 0.4) is 0 Å². The van der Waals surface area contributed by atoms with E-state index in [0.29, 0.717) is 12.1 Å². The van der Waals surface area contributed by atoms with Gasteiger partial charge in [0.25, 0.3) is 0 Å². The number of carboxylic acid groups (broad SMARTS) is 1. The van der Waals surface area contributed by atoms with Crippen LogP contribution in [0.15, 0.2) is 24.3 Å². The second-order valence-corrected chi connectivity index (χ2v) is 4.30. The number of carbonyl (C=O) groups is 1. The van der Waals surface area contributed by atoms with E-state index in [-0.39, 0.29) is 5.56 Å². The SMILES string of the molecule is Cc1ccc(F)c(Nc2c(F)cc(C(=O)O)cc2F)c1F. The summed E-state index contributed by atoms with van der Waals surface area (Å²) in [6, 6.07) is 3.23. The average Bonchev–Trinajstić information content (AvgIpc) is 2.41. The zero-order chi connectivity index (χ0) is 15.7. The van der Waals surface area contributed by atoms with Crippen molar-refractivity contribution in [3.05, 3.63) is 58.7 Å². The minimum absolute atomic E-state index is 0.0851. The van der Waals surface area contributed by atoms with Gasteiger partial charge in [-0.05, 0) is 30.7 Å². The lowest BCUT2D eigenvalue weighted by Gasteiger charge is -2.12. The number of aromatic carboxylic acids is 1. The molecule has 0 saturated heterocycles. The summed E-state index contributed by atoms with van der Waals surface area (Å²) >= 11 is 0. The molecule has 0 radical (unpaired) electrons. The maximum absolute atomic E-state index is 13.8. The molecule has 0 amide bonds. The van der Waals surface area contributed by atoms with Gasteiger partial charge in [-0.25, -0.2) is 22.4 Å². The summed E-state index contributed by atoms with van der Waals surface area (Å²) < 4.78 is 54.7. The van der Waals surface area contributed by atoms with Crippen molar-refractivity contribution in [3.8, 4) is 0 Å². The number of aryl methyl sites for hydroxylation is 1. The largest absolute Gasteiger partial charge is 0.478 e. The Morgan fingerprint density at radius 3 is 2.10 bits per heavy atom. The molecule has 21 heavy (non-hydrogen) atoms. The van der Waals surface area contributed by atoms with Gasteiger partial charge in [0.2, 0.25) is 0 Å². The summed E-state index contributed by atoms with van der Waals surface area (Å²) in [6.07, 6.45) is 0. The van der Waals surface area contributed by atoms with Crippen LogP contribution in [0.5, 0.6) is 0 Å². The molecule has 0 bridgehead atoms. The van der Waals surface area contributed by atoms with E-state index in [1.165, 1.54) is 13.0 Å². The molecule has 0 fully saturated rings. The van der Waals surface area contributed by atoms with E-state index >= 15 is 0 Å². The molecule has 0 atom stereocenters. The van der Waals surface area contributed by atoms with E-state index < -0.39 is 46.2 Å².